The molecule has 0 spiro atoms. The molecule has 45 heavy (non-hydrogen) atoms. The van der Waals surface area contributed by atoms with Gasteiger partial charge in [0, 0.05) is 29.3 Å². The second kappa shape index (κ2) is 11.9. The molecule has 1 atom stereocenters. The lowest BCUT2D eigenvalue weighted by molar-refractivity contribution is -0.384. The Bertz CT molecular complexity index is 2200. The lowest BCUT2D eigenvalue weighted by Gasteiger charge is -2.27. The van der Waals surface area contributed by atoms with Crippen molar-refractivity contribution in [3.05, 3.63) is 119 Å². The number of allylic oxidation sites excluding steroid dienone is 1. The molecule has 0 N–H and O–H groups in total. The molecule has 0 amide bonds. The van der Waals surface area contributed by atoms with E-state index >= 15 is 0 Å². The van der Waals surface area contributed by atoms with Crippen LogP contribution in [0.25, 0.3) is 28.2 Å². The molecule has 6 rings (SSSR count). The van der Waals surface area contributed by atoms with Crippen LogP contribution >= 0.6 is 11.3 Å². The van der Waals surface area contributed by atoms with Crippen molar-refractivity contribution in [3.63, 3.8) is 0 Å². The molecular formula is C33H27N3O8S. The summed E-state index contributed by atoms with van der Waals surface area (Å²) < 4.78 is 24.5. The lowest BCUT2D eigenvalue weighted by atomic mass is 9.90. The molecule has 0 aliphatic carbocycles. The Kier molecular flexibility index (Phi) is 7.81. The van der Waals surface area contributed by atoms with E-state index in [1.807, 2.05) is 24.3 Å². The number of carbonyl (C=O) groups is 1. The molecule has 0 fully saturated rings. The minimum absolute atomic E-state index is 0.0620. The first-order valence-electron chi connectivity index (χ1n) is 13.9. The zero-order valence-electron chi connectivity index (χ0n) is 24.7. The summed E-state index contributed by atoms with van der Waals surface area (Å²) in [6, 6.07) is 17.8. The molecule has 11 nitrogen and oxygen atoms in total. The van der Waals surface area contributed by atoms with Crippen LogP contribution in [0.1, 0.15) is 31.2 Å². The zero-order chi connectivity index (χ0) is 31.8. The smallest absolute Gasteiger partial charge is 0.338 e. The van der Waals surface area contributed by atoms with Gasteiger partial charge in [-0.1, -0.05) is 35.6 Å². The van der Waals surface area contributed by atoms with Gasteiger partial charge in [0.2, 0.25) is 0 Å². The van der Waals surface area contributed by atoms with E-state index in [4.69, 9.17) is 18.6 Å². The normalized spacial score (nSPS) is 14.7. The van der Waals surface area contributed by atoms with Gasteiger partial charge < -0.3 is 18.6 Å². The van der Waals surface area contributed by atoms with Crippen LogP contribution in [0.5, 0.6) is 11.5 Å². The van der Waals surface area contributed by atoms with E-state index in [9.17, 15) is 19.7 Å². The Morgan fingerprint density at radius 3 is 2.64 bits per heavy atom. The average molecular weight is 626 g/mol. The lowest BCUT2D eigenvalue weighted by Crippen LogP contribution is -2.40. The first-order valence-corrected chi connectivity index (χ1v) is 14.7. The van der Waals surface area contributed by atoms with Gasteiger partial charge in [-0.25, -0.2) is 9.79 Å². The van der Waals surface area contributed by atoms with E-state index in [2.05, 4.69) is 4.99 Å². The summed E-state index contributed by atoms with van der Waals surface area (Å²) in [4.78, 5) is 43.5. The first kappa shape index (κ1) is 29.6. The van der Waals surface area contributed by atoms with Gasteiger partial charge in [-0.05, 0) is 55.0 Å². The number of hydrogen-bond donors (Lipinski definition) is 0. The minimum Gasteiger partial charge on any atom is -0.497 e. The van der Waals surface area contributed by atoms with E-state index in [1.165, 1.54) is 23.8 Å². The minimum atomic E-state index is -0.926. The summed E-state index contributed by atoms with van der Waals surface area (Å²) in [6.07, 6.45) is 1.59. The van der Waals surface area contributed by atoms with Crippen molar-refractivity contribution in [2.24, 2.45) is 4.99 Å². The fraction of sp³-hybridized carbons (Fsp3) is 0.182. The van der Waals surface area contributed by atoms with Crippen molar-refractivity contribution >= 4 is 39.8 Å². The van der Waals surface area contributed by atoms with Crippen LogP contribution in [-0.4, -0.2) is 36.3 Å². The van der Waals surface area contributed by atoms with Crippen molar-refractivity contribution in [3.8, 4) is 22.8 Å². The maximum atomic E-state index is 14.2. The number of hydrogen-bond acceptors (Lipinski definition) is 10. The number of aromatic nitrogens is 1. The van der Waals surface area contributed by atoms with Crippen molar-refractivity contribution in [1.29, 1.82) is 0 Å². The summed E-state index contributed by atoms with van der Waals surface area (Å²) in [5.74, 6) is 1.25. The number of methoxy groups -OCH3 is 2. The van der Waals surface area contributed by atoms with Crippen LogP contribution in [-0.2, 0) is 9.53 Å². The van der Waals surface area contributed by atoms with E-state index in [-0.39, 0.29) is 17.9 Å². The van der Waals surface area contributed by atoms with Gasteiger partial charge in [-0.3, -0.25) is 19.5 Å². The molecule has 2 aromatic heterocycles. The number of non-ortho nitro benzene ring substituents is 1. The number of fused-ring (bicyclic) bond motifs is 2. The second-order valence-electron chi connectivity index (χ2n) is 10.1. The number of furan rings is 1. The number of nitrogens with zero attached hydrogens (tertiary/aromatic N) is 3. The van der Waals surface area contributed by atoms with Gasteiger partial charge in [0.25, 0.3) is 11.2 Å². The Balaban J connectivity index is 1.56. The quantitative estimate of drug-likeness (QED) is 0.131. The van der Waals surface area contributed by atoms with E-state index in [1.54, 1.807) is 57.4 Å². The number of benzene rings is 3. The molecule has 0 bridgehead atoms. The summed E-state index contributed by atoms with van der Waals surface area (Å²) in [5, 5.41) is 12.8. The number of esters is 1. The Labute approximate surface area is 260 Å². The number of rotatable bonds is 8. The third kappa shape index (κ3) is 5.29. The third-order valence-electron chi connectivity index (χ3n) is 7.48. The third-order valence-corrected chi connectivity index (χ3v) is 8.47. The molecule has 228 valence electrons. The average Bonchev–Trinajstić information content (AvgIpc) is 3.63. The fourth-order valence-corrected chi connectivity index (χ4v) is 6.47. The largest absolute Gasteiger partial charge is 0.497 e. The van der Waals surface area contributed by atoms with Crippen LogP contribution in [0.3, 0.4) is 0 Å². The maximum absolute atomic E-state index is 14.2. The van der Waals surface area contributed by atoms with Crippen LogP contribution in [0.2, 0.25) is 0 Å². The molecule has 5 aromatic rings. The molecular weight excluding hydrogens is 598 g/mol. The maximum Gasteiger partial charge on any atom is 0.338 e. The Hall–Kier alpha value is -5.49. The molecule has 3 aromatic carbocycles. The van der Waals surface area contributed by atoms with Gasteiger partial charge >= 0.3 is 5.97 Å². The number of nitro groups is 1. The molecule has 0 saturated heterocycles. The molecule has 3 heterocycles. The van der Waals surface area contributed by atoms with E-state index in [0.29, 0.717) is 49.2 Å². The molecule has 1 aliphatic heterocycles. The Morgan fingerprint density at radius 2 is 1.91 bits per heavy atom. The van der Waals surface area contributed by atoms with Crippen LogP contribution in [0.4, 0.5) is 5.69 Å². The van der Waals surface area contributed by atoms with Crippen molar-refractivity contribution in [2.45, 2.75) is 19.9 Å². The number of nitro benzene ring substituents is 1. The van der Waals surface area contributed by atoms with Gasteiger partial charge in [-0.2, -0.15) is 0 Å². The molecule has 1 unspecified atom stereocenters. The standard InChI is InChI=1S/C33H27N3O8S/c1-5-43-32(38)28-18(2)34-33-35(30(28)29-24-16-22(41-3)11-9-19(24)10-13-26(29)42-4)31(37)27(45-33)17-23-12-14-25(44-23)20-7-6-8-21(15-20)36(39)40/h6-17,30H,5H2,1-4H3. The molecule has 1 aliphatic rings. The van der Waals surface area contributed by atoms with Crippen LogP contribution < -0.4 is 24.4 Å². The summed E-state index contributed by atoms with van der Waals surface area (Å²) in [5.41, 5.74) is 1.29. The number of ether oxygens (including phenoxy) is 3. The Morgan fingerprint density at radius 1 is 1.11 bits per heavy atom. The summed E-state index contributed by atoms with van der Waals surface area (Å²) in [6.45, 7) is 3.57. The van der Waals surface area contributed by atoms with Gasteiger partial charge in [-0.15, -0.1) is 0 Å². The predicted molar refractivity (Wildman–Crippen MR) is 168 cm³/mol. The van der Waals surface area contributed by atoms with Crippen LogP contribution in [0, 0.1) is 10.1 Å². The topological polar surface area (TPSA) is 135 Å². The van der Waals surface area contributed by atoms with Crippen molar-refractivity contribution in [2.75, 3.05) is 20.8 Å². The van der Waals surface area contributed by atoms with E-state index < -0.39 is 22.5 Å². The van der Waals surface area contributed by atoms with Crippen molar-refractivity contribution < 1.29 is 28.3 Å². The molecule has 12 heteroatoms. The monoisotopic (exact) mass is 625 g/mol. The second-order valence-corrected chi connectivity index (χ2v) is 11.1. The number of carbonyl (C=O) groups excluding carboxylic acids is 1. The molecule has 0 saturated carbocycles. The van der Waals surface area contributed by atoms with E-state index in [0.717, 1.165) is 22.1 Å². The highest BCUT2D eigenvalue weighted by Gasteiger charge is 2.36. The number of thiazole rings is 1. The zero-order valence-corrected chi connectivity index (χ0v) is 25.5. The van der Waals surface area contributed by atoms with Gasteiger partial charge in [0.15, 0.2) is 4.80 Å². The summed E-state index contributed by atoms with van der Waals surface area (Å²) in [7, 11) is 3.10. The van der Waals surface area contributed by atoms with Crippen molar-refractivity contribution in [1.82, 2.24) is 4.57 Å². The first-order chi connectivity index (χ1) is 21.7. The highest BCUT2D eigenvalue weighted by Crippen LogP contribution is 2.41. The SMILES string of the molecule is CCOC(=O)C1=C(C)N=c2sc(=Cc3ccc(-c4cccc([N+](=O)[O-])c4)o3)c(=O)n2C1c1c(OC)ccc2ccc(OC)cc12. The summed E-state index contributed by atoms with van der Waals surface area (Å²) >= 11 is 1.15. The fourth-order valence-electron chi connectivity index (χ4n) is 5.44. The highest BCUT2D eigenvalue weighted by atomic mass is 32.1. The van der Waals surface area contributed by atoms with Gasteiger partial charge in [0.1, 0.15) is 29.1 Å². The molecule has 0 radical (unpaired) electrons. The van der Waals surface area contributed by atoms with Gasteiger partial charge in [0.05, 0.1) is 41.6 Å². The van der Waals surface area contributed by atoms with Crippen LogP contribution in [0.15, 0.2) is 92.2 Å². The highest BCUT2D eigenvalue weighted by molar-refractivity contribution is 7.07. The predicted octanol–water partition coefficient (Wildman–Crippen LogP) is 5.14.